The van der Waals surface area contributed by atoms with Crippen molar-refractivity contribution in [3.8, 4) is 11.5 Å². The van der Waals surface area contributed by atoms with Crippen LogP contribution in [-0.2, 0) is 6.54 Å². The largest absolute Gasteiger partial charge is 1.00 e. The van der Waals surface area contributed by atoms with Gasteiger partial charge >= 0.3 is 0 Å². The number of pyridine rings is 1. The summed E-state index contributed by atoms with van der Waals surface area (Å²) >= 11 is 0. The highest BCUT2D eigenvalue weighted by molar-refractivity contribution is 5.77. The Morgan fingerprint density at radius 2 is 1.72 bits per heavy atom. The van der Waals surface area contributed by atoms with Crippen LogP contribution in [0.1, 0.15) is 18.2 Å². The lowest BCUT2D eigenvalue weighted by Crippen LogP contribution is -3.00. The van der Waals surface area contributed by atoms with Gasteiger partial charge in [-0.2, -0.15) is 4.57 Å². The molecule has 0 fully saturated rings. The maximum absolute atomic E-state index is 5.47. The molecule has 0 atom stereocenters. The van der Waals surface area contributed by atoms with Crippen molar-refractivity contribution in [1.82, 2.24) is 0 Å². The quantitative estimate of drug-likeness (QED) is 0.435. The molecule has 2 aromatic carbocycles. The van der Waals surface area contributed by atoms with Crippen LogP contribution >= 0.6 is 0 Å². The summed E-state index contributed by atoms with van der Waals surface area (Å²) in [7, 11) is 3.33. The summed E-state index contributed by atoms with van der Waals surface area (Å²) in [5.41, 5.74) is 3.42. The predicted molar refractivity (Wildman–Crippen MR) is 98.3 cm³/mol. The van der Waals surface area contributed by atoms with Gasteiger partial charge in [-0.25, -0.2) is 0 Å². The molecule has 4 heteroatoms. The minimum atomic E-state index is 0. The van der Waals surface area contributed by atoms with E-state index in [4.69, 9.17) is 9.47 Å². The number of benzene rings is 2. The van der Waals surface area contributed by atoms with Gasteiger partial charge in [0.2, 0.25) is 11.2 Å². The lowest BCUT2D eigenvalue weighted by Gasteiger charge is -2.07. The zero-order valence-corrected chi connectivity index (χ0v) is 16.9. The Morgan fingerprint density at radius 3 is 2.44 bits per heavy atom. The Hall–Kier alpha value is -2.08. The van der Waals surface area contributed by atoms with Gasteiger partial charge < -0.3 is 33.5 Å². The average molecular weight is 447 g/mol. The highest BCUT2D eigenvalue weighted by atomic mass is 127. The third-order valence-electron chi connectivity index (χ3n) is 4.16. The lowest BCUT2D eigenvalue weighted by molar-refractivity contribution is -0.669. The smallest absolute Gasteiger partial charge is 0.212 e. The second kappa shape index (κ2) is 8.85. The first kappa shape index (κ1) is 19.2. The number of aromatic nitrogens is 1. The van der Waals surface area contributed by atoms with Crippen LogP contribution < -0.4 is 38.0 Å². The summed E-state index contributed by atoms with van der Waals surface area (Å²) < 4.78 is 13.0. The number of fused-ring (bicyclic) bond motifs is 1. The van der Waals surface area contributed by atoms with Crippen LogP contribution in [0.4, 0.5) is 0 Å². The maximum Gasteiger partial charge on any atom is 0.212 e. The summed E-state index contributed by atoms with van der Waals surface area (Å²) in [4.78, 5) is 0. The normalized spacial score (nSPS) is 10.7. The number of halogens is 1. The molecular formula is C21H22INO2. The predicted octanol–water partition coefficient (Wildman–Crippen LogP) is 1.34. The number of hydrogen-bond donors (Lipinski definition) is 0. The van der Waals surface area contributed by atoms with Gasteiger partial charge in [0, 0.05) is 35.2 Å². The molecular weight excluding hydrogens is 425 g/mol. The average Bonchev–Trinajstić information content (AvgIpc) is 2.65. The number of methoxy groups -OCH3 is 2. The number of aryl methyl sites for hydroxylation is 1. The van der Waals surface area contributed by atoms with E-state index < -0.39 is 0 Å². The van der Waals surface area contributed by atoms with E-state index in [0.717, 1.165) is 29.3 Å². The molecule has 25 heavy (non-hydrogen) atoms. The highest BCUT2D eigenvalue weighted by Gasteiger charge is 2.11. The molecule has 0 saturated heterocycles. The van der Waals surface area contributed by atoms with Crippen molar-refractivity contribution in [2.45, 2.75) is 13.5 Å². The van der Waals surface area contributed by atoms with Gasteiger partial charge in [0.25, 0.3) is 0 Å². The molecule has 0 unspecified atom stereocenters. The monoisotopic (exact) mass is 447 g/mol. The molecule has 0 saturated carbocycles. The third-order valence-corrected chi connectivity index (χ3v) is 4.16. The first-order valence-corrected chi connectivity index (χ1v) is 8.08. The molecule has 130 valence electrons. The standard InChI is InChI=1S/C21H22NO2.HI/c1-4-22-18(12-9-16-7-5-6-8-20(16)22)13-10-17-11-14-19(23-2)15-21(17)24-3;/h5-15H,4H2,1-3H3;1H/q+1;/p-1/b13-10+;. The Kier molecular flexibility index (Phi) is 6.82. The topological polar surface area (TPSA) is 22.3 Å². The molecule has 0 aliphatic rings. The molecule has 1 heterocycles. The van der Waals surface area contributed by atoms with E-state index in [1.54, 1.807) is 14.2 Å². The molecule has 3 nitrogen and oxygen atoms in total. The van der Waals surface area contributed by atoms with Gasteiger partial charge in [-0.15, -0.1) is 0 Å². The molecule has 0 radical (unpaired) electrons. The van der Waals surface area contributed by atoms with Gasteiger partial charge in [-0.05, 0) is 37.3 Å². The summed E-state index contributed by atoms with van der Waals surface area (Å²) in [6.45, 7) is 3.08. The molecule has 3 aromatic rings. The number of hydrogen-bond acceptors (Lipinski definition) is 2. The Labute approximate surface area is 165 Å². The van der Waals surface area contributed by atoms with E-state index in [0.29, 0.717) is 0 Å². The van der Waals surface area contributed by atoms with Crippen molar-refractivity contribution in [2.75, 3.05) is 14.2 Å². The Morgan fingerprint density at radius 1 is 0.920 bits per heavy atom. The SMILES string of the molecule is CC[n+]1c(/C=C/c2ccc(OC)cc2OC)ccc2ccccc21.[I-]. The van der Waals surface area contributed by atoms with Crippen LogP contribution in [-0.4, -0.2) is 14.2 Å². The van der Waals surface area contributed by atoms with Crippen LogP contribution in [0.3, 0.4) is 0 Å². The van der Waals surface area contributed by atoms with Crippen LogP contribution in [0.5, 0.6) is 11.5 Å². The van der Waals surface area contributed by atoms with Crippen molar-refractivity contribution < 1.29 is 38.0 Å². The second-order valence-electron chi connectivity index (χ2n) is 5.50. The maximum atomic E-state index is 5.47. The molecule has 0 aliphatic carbocycles. The van der Waals surface area contributed by atoms with E-state index in [1.165, 1.54) is 10.9 Å². The summed E-state index contributed by atoms with van der Waals surface area (Å²) in [6.07, 6.45) is 4.20. The van der Waals surface area contributed by atoms with Gasteiger partial charge in [0.05, 0.1) is 14.2 Å². The van der Waals surface area contributed by atoms with Crippen molar-refractivity contribution in [1.29, 1.82) is 0 Å². The molecule has 3 rings (SSSR count). The number of nitrogens with zero attached hydrogens (tertiary/aromatic N) is 1. The van der Waals surface area contributed by atoms with Crippen molar-refractivity contribution in [2.24, 2.45) is 0 Å². The Balaban J connectivity index is 0.00000225. The minimum Gasteiger partial charge on any atom is -1.00 e. The molecule has 0 aliphatic heterocycles. The number of para-hydroxylation sites is 1. The van der Waals surface area contributed by atoms with Crippen molar-refractivity contribution >= 4 is 23.1 Å². The van der Waals surface area contributed by atoms with Crippen LogP contribution in [0.25, 0.3) is 23.1 Å². The fraction of sp³-hybridized carbons (Fsp3) is 0.190. The van der Waals surface area contributed by atoms with E-state index in [2.05, 4.69) is 60.0 Å². The molecule has 1 aromatic heterocycles. The minimum absolute atomic E-state index is 0. The van der Waals surface area contributed by atoms with Crippen LogP contribution in [0.2, 0.25) is 0 Å². The van der Waals surface area contributed by atoms with Crippen molar-refractivity contribution in [3.63, 3.8) is 0 Å². The second-order valence-corrected chi connectivity index (χ2v) is 5.50. The van der Waals surface area contributed by atoms with Gasteiger partial charge in [-0.1, -0.05) is 12.1 Å². The summed E-state index contributed by atoms with van der Waals surface area (Å²) in [5, 5.41) is 1.25. The zero-order valence-electron chi connectivity index (χ0n) is 14.7. The van der Waals surface area contributed by atoms with E-state index in [9.17, 15) is 0 Å². The summed E-state index contributed by atoms with van der Waals surface area (Å²) in [6, 6.07) is 18.6. The van der Waals surface area contributed by atoms with Gasteiger partial charge in [-0.3, -0.25) is 0 Å². The zero-order chi connectivity index (χ0) is 16.9. The highest BCUT2D eigenvalue weighted by Crippen LogP contribution is 2.26. The first-order chi connectivity index (χ1) is 11.8. The lowest BCUT2D eigenvalue weighted by atomic mass is 10.1. The van der Waals surface area contributed by atoms with Gasteiger partial charge in [0.1, 0.15) is 18.0 Å². The molecule has 0 N–H and O–H groups in total. The molecule has 0 bridgehead atoms. The molecule has 0 amide bonds. The van der Waals surface area contributed by atoms with E-state index in [-0.39, 0.29) is 24.0 Å². The molecule has 0 spiro atoms. The fourth-order valence-electron chi connectivity index (χ4n) is 2.91. The van der Waals surface area contributed by atoms with Gasteiger partial charge in [0.15, 0.2) is 0 Å². The van der Waals surface area contributed by atoms with E-state index >= 15 is 0 Å². The Bertz CT molecular complexity index is 890. The first-order valence-electron chi connectivity index (χ1n) is 8.08. The fourth-order valence-corrected chi connectivity index (χ4v) is 2.91. The third kappa shape index (κ3) is 4.12. The number of rotatable bonds is 5. The number of ether oxygens (including phenoxy) is 2. The van der Waals surface area contributed by atoms with Crippen LogP contribution in [0.15, 0.2) is 54.6 Å². The van der Waals surface area contributed by atoms with E-state index in [1.807, 2.05) is 18.2 Å². The van der Waals surface area contributed by atoms with Crippen LogP contribution in [0, 0.1) is 0 Å². The summed E-state index contributed by atoms with van der Waals surface area (Å²) in [5.74, 6) is 1.59. The van der Waals surface area contributed by atoms with Crippen molar-refractivity contribution in [3.05, 3.63) is 65.9 Å².